The second-order valence-corrected chi connectivity index (χ2v) is 5.82. The second kappa shape index (κ2) is 5.83. The van der Waals surface area contributed by atoms with Crippen LogP contribution in [0.15, 0.2) is 24.4 Å². The van der Waals surface area contributed by atoms with Gasteiger partial charge in [0.15, 0.2) is 0 Å². The molecule has 2 aromatic rings. The predicted octanol–water partition coefficient (Wildman–Crippen LogP) is 2.44. The van der Waals surface area contributed by atoms with Crippen molar-refractivity contribution >= 4 is 11.6 Å². The molecule has 1 aromatic heterocycles. The highest BCUT2D eigenvalue weighted by Gasteiger charge is 2.28. The Hall–Kier alpha value is -2.70. The number of carbonyl (C=O) groups excluding carboxylic acids is 1. The van der Waals surface area contributed by atoms with E-state index >= 15 is 0 Å². The number of nitrogens with zero attached hydrogens (tertiary/aromatic N) is 3. The highest BCUT2D eigenvalue weighted by molar-refractivity contribution is 5.98. The summed E-state index contributed by atoms with van der Waals surface area (Å²) in [5.74, 6) is -0.415. The van der Waals surface area contributed by atoms with Crippen LogP contribution in [0.3, 0.4) is 0 Å². The van der Waals surface area contributed by atoms with Crippen molar-refractivity contribution in [3.8, 4) is 0 Å². The van der Waals surface area contributed by atoms with E-state index in [9.17, 15) is 14.9 Å². The fraction of sp³-hybridized carbons (Fsp3) is 0.375. The number of para-hydroxylation sites is 1. The molecular formula is C16H18N4O3. The summed E-state index contributed by atoms with van der Waals surface area (Å²) in [7, 11) is 1.88. The Kier molecular flexibility index (Phi) is 3.85. The van der Waals surface area contributed by atoms with Gasteiger partial charge in [0.05, 0.1) is 17.2 Å². The molecule has 0 saturated carbocycles. The summed E-state index contributed by atoms with van der Waals surface area (Å²) in [5, 5.41) is 18.4. The van der Waals surface area contributed by atoms with E-state index in [2.05, 4.69) is 10.4 Å². The number of benzene rings is 1. The van der Waals surface area contributed by atoms with Crippen LogP contribution < -0.4 is 5.32 Å². The van der Waals surface area contributed by atoms with E-state index in [1.54, 1.807) is 25.3 Å². The number of rotatable bonds is 3. The van der Waals surface area contributed by atoms with E-state index in [4.69, 9.17) is 0 Å². The van der Waals surface area contributed by atoms with E-state index in [-0.39, 0.29) is 17.3 Å². The number of hydrogen-bond acceptors (Lipinski definition) is 4. The molecule has 1 aliphatic carbocycles. The zero-order valence-electron chi connectivity index (χ0n) is 13.1. The number of nitro benzene ring substituents is 1. The van der Waals surface area contributed by atoms with Crippen molar-refractivity contribution in [2.45, 2.75) is 32.2 Å². The average Bonchev–Trinajstić information content (AvgIpc) is 2.89. The number of fused-ring (bicyclic) bond motifs is 1. The molecule has 1 N–H and O–H groups in total. The van der Waals surface area contributed by atoms with Gasteiger partial charge >= 0.3 is 0 Å². The maximum Gasteiger partial charge on any atom is 0.285 e. The number of nitrogens with one attached hydrogen (secondary N) is 1. The van der Waals surface area contributed by atoms with Gasteiger partial charge in [-0.3, -0.25) is 19.6 Å². The Bertz CT molecular complexity index is 782. The van der Waals surface area contributed by atoms with Crippen LogP contribution in [0, 0.1) is 17.0 Å². The van der Waals surface area contributed by atoms with Crippen LogP contribution in [0.5, 0.6) is 0 Å². The summed E-state index contributed by atoms with van der Waals surface area (Å²) in [6.07, 6.45) is 4.46. The van der Waals surface area contributed by atoms with E-state index in [0.717, 1.165) is 30.5 Å². The molecule has 120 valence electrons. The van der Waals surface area contributed by atoms with Crippen molar-refractivity contribution in [3.05, 3.63) is 56.9 Å². The van der Waals surface area contributed by atoms with Gasteiger partial charge < -0.3 is 5.32 Å². The standard InChI is InChI=1S/C16H18N4O3/c1-10-5-3-6-11(15(10)20(22)23)16(21)18-13-7-4-8-14-12(13)9-17-19(14)2/h3,5-6,9,13H,4,7-8H2,1-2H3,(H,18,21)/t13-/m1/s1. The first kappa shape index (κ1) is 15.2. The third-order valence-corrected chi connectivity index (χ3v) is 4.35. The van der Waals surface area contributed by atoms with Crippen LogP contribution in [-0.2, 0) is 13.5 Å². The van der Waals surface area contributed by atoms with Crippen LogP contribution in [0.2, 0.25) is 0 Å². The zero-order chi connectivity index (χ0) is 16.6. The number of aromatic nitrogens is 2. The molecule has 1 amide bonds. The summed E-state index contributed by atoms with van der Waals surface area (Å²) in [6.45, 7) is 1.63. The molecule has 0 aliphatic heterocycles. The molecule has 0 fully saturated rings. The van der Waals surface area contributed by atoms with Crippen LogP contribution in [-0.4, -0.2) is 20.6 Å². The zero-order valence-corrected chi connectivity index (χ0v) is 13.1. The Labute approximate surface area is 133 Å². The lowest BCUT2D eigenvalue weighted by Gasteiger charge is -2.23. The monoisotopic (exact) mass is 314 g/mol. The van der Waals surface area contributed by atoms with Gasteiger partial charge in [0.25, 0.3) is 11.6 Å². The molecule has 1 aromatic carbocycles. The van der Waals surface area contributed by atoms with Crippen molar-refractivity contribution in [2.24, 2.45) is 7.05 Å². The summed E-state index contributed by atoms with van der Waals surface area (Å²) in [4.78, 5) is 23.3. The third-order valence-electron chi connectivity index (χ3n) is 4.35. The molecule has 0 unspecified atom stereocenters. The van der Waals surface area contributed by atoms with Gasteiger partial charge in [-0.25, -0.2) is 0 Å². The Morgan fingerprint density at radius 3 is 3.00 bits per heavy atom. The minimum Gasteiger partial charge on any atom is -0.345 e. The molecule has 7 heteroatoms. The van der Waals surface area contributed by atoms with E-state index in [1.807, 2.05) is 11.7 Å². The van der Waals surface area contributed by atoms with Crippen LogP contribution in [0.4, 0.5) is 5.69 Å². The largest absolute Gasteiger partial charge is 0.345 e. The first-order valence-electron chi connectivity index (χ1n) is 7.54. The summed E-state index contributed by atoms with van der Waals surface area (Å²) in [5.41, 5.74) is 2.56. The van der Waals surface area contributed by atoms with Crippen molar-refractivity contribution < 1.29 is 9.72 Å². The predicted molar refractivity (Wildman–Crippen MR) is 84.2 cm³/mol. The number of hydrogen-bond donors (Lipinski definition) is 1. The molecule has 1 aliphatic rings. The third kappa shape index (κ3) is 2.69. The lowest BCUT2D eigenvalue weighted by molar-refractivity contribution is -0.385. The van der Waals surface area contributed by atoms with Crippen molar-refractivity contribution in [1.82, 2.24) is 15.1 Å². The fourth-order valence-corrected chi connectivity index (χ4v) is 3.18. The minimum atomic E-state index is -0.499. The first-order valence-corrected chi connectivity index (χ1v) is 7.54. The van der Waals surface area contributed by atoms with E-state index < -0.39 is 10.8 Å². The highest BCUT2D eigenvalue weighted by atomic mass is 16.6. The molecule has 7 nitrogen and oxygen atoms in total. The number of aryl methyl sites for hydroxylation is 2. The van der Waals surface area contributed by atoms with Gasteiger partial charge in [-0.2, -0.15) is 5.10 Å². The van der Waals surface area contributed by atoms with Crippen molar-refractivity contribution in [2.75, 3.05) is 0 Å². The molecule has 0 bridgehead atoms. The molecule has 1 atom stereocenters. The Morgan fingerprint density at radius 2 is 2.26 bits per heavy atom. The maximum absolute atomic E-state index is 12.6. The fourth-order valence-electron chi connectivity index (χ4n) is 3.18. The molecule has 0 radical (unpaired) electrons. The highest BCUT2D eigenvalue weighted by Crippen LogP contribution is 2.30. The van der Waals surface area contributed by atoms with Gasteiger partial charge in [-0.1, -0.05) is 12.1 Å². The molecule has 1 heterocycles. The lowest BCUT2D eigenvalue weighted by Crippen LogP contribution is -2.31. The Balaban J connectivity index is 1.89. The summed E-state index contributed by atoms with van der Waals surface area (Å²) in [6, 6.07) is 4.63. The van der Waals surface area contributed by atoms with Crippen molar-refractivity contribution in [3.63, 3.8) is 0 Å². The second-order valence-electron chi connectivity index (χ2n) is 5.82. The van der Waals surface area contributed by atoms with Crippen LogP contribution in [0.1, 0.15) is 46.1 Å². The minimum absolute atomic E-state index is 0.103. The molecular weight excluding hydrogens is 296 g/mol. The van der Waals surface area contributed by atoms with Crippen molar-refractivity contribution in [1.29, 1.82) is 0 Å². The van der Waals surface area contributed by atoms with E-state index in [1.165, 1.54) is 6.07 Å². The van der Waals surface area contributed by atoms with Gasteiger partial charge in [-0.15, -0.1) is 0 Å². The van der Waals surface area contributed by atoms with E-state index in [0.29, 0.717) is 5.56 Å². The van der Waals surface area contributed by atoms with Gasteiger partial charge in [0, 0.05) is 23.9 Å². The van der Waals surface area contributed by atoms with Crippen LogP contribution >= 0.6 is 0 Å². The summed E-state index contributed by atoms with van der Waals surface area (Å²) >= 11 is 0. The van der Waals surface area contributed by atoms with Gasteiger partial charge in [-0.05, 0) is 32.3 Å². The quantitative estimate of drug-likeness (QED) is 0.696. The SMILES string of the molecule is Cc1cccc(C(=O)N[C@@H]2CCCc3c2cnn3C)c1[N+](=O)[O-]. The molecule has 23 heavy (non-hydrogen) atoms. The molecule has 0 spiro atoms. The normalized spacial score (nSPS) is 16.7. The lowest BCUT2D eigenvalue weighted by atomic mass is 9.92. The maximum atomic E-state index is 12.6. The molecule has 0 saturated heterocycles. The average molecular weight is 314 g/mol. The smallest absolute Gasteiger partial charge is 0.285 e. The number of carbonyl (C=O) groups is 1. The Morgan fingerprint density at radius 1 is 1.48 bits per heavy atom. The first-order chi connectivity index (χ1) is 11.0. The topological polar surface area (TPSA) is 90.1 Å². The van der Waals surface area contributed by atoms with Gasteiger partial charge in [0.1, 0.15) is 5.56 Å². The number of amides is 1. The van der Waals surface area contributed by atoms with Crippen LogP contribution in [0.25, 0.3) is 0 Å². The van der Waals surface area contributed by atoms with Gasteiger partial charge in [0.2, 0.25) is 0 Å². The summed E-state index contributed by atoms with van der Waals surface area (Å²) < 4.78 is 1.82. The molecule has 3 rings (SSSR count). The number of nitro groups is 1.